The van der Waals surface area contributed by atoms with Crippen molar-refractivity contribution in [2.45, 2.75) is 37.7 Å². The van der Waals surface area contributed by atoms with Crippen LogP contribution in [-0.4, -0.2) is 64.1 Å². The molecule has 1 unspecified atom stereocenters. The number of benzene rings is 1. The van der Waals surface area contributed by atoms with E-state index in [1.54, 1.807) is 19.5 Å². The number of pyridine rings is 1. The van der Waals surface area contributed by atoms with Crippen LogP contribution in [0.2, 0.25) is 5.02 Å². The monoisotopic (exact) mass is 510 g/mol. The number of hydrogen-bond donors (Lipinski definition) is 4. The standard InChI is InChI=1S/C26H31ClN6O3/c1-25(15-34)14-30-23-17(25)10-16(13-29-23)19-4-7-28-24(31-19)32-20-11-18(27)21(12-22(20)36-3)33-8-5-26(2,35)6-9-33/h4,7,10-13,34-35H,5-6,8-9,14-15H2,1-3H3,(H,29,30)(H,28,31,32). The average molecular weight is 511 g/mol. The van der Waals surface area contributed by atoms with Crippen LogP contribution < -0.4 is 20.3 Å². The molecule has 36 heavy (non-hydrogen) atoms. The molecule has 1 saturated heterocycles. The maximum atomic E-state index is 10.3. The van der Waals surface area contributed by atoms with E-state index < -0.39 is 5.60 Å². The molecule has 2 aromatic heterocycles. The summed E-state index contributed by atoms with van der Waals surface area (Å²) in [4.78, 5) is 15.8. The molecular weight excluding hydrogens is 480 g/mol. The molecule has 1 fully saturated rings. The minimum atomic E-state index is -0.640. The fraction of sp³-hybridized carbons (Fsp3) is 0.423. The van der Waals surface area contributed by atoms with E-state index in [-0.39, 0.29) is 12.0 Å². The van der Waals surface area contributed by atoms with Crippen LogP contribution in [0.4, 0.5) is 23.1 Å². The van der Waals surface area contributed by atoms with Crippen molar-refractivity contribution in [3.05, 3.63) is 47.2 Å². The molecule has 2 aliphatic rings. The molecule has 0 amide bonds. The number of halogens is 1. The predicted octanol–water partition coefficient (Wildman–Crippen LogP) is 3.97. The van der Waals surface area contributed by atoms with Gasteiger partial charge in [-0.05, 0) is 38.0 Å². The molecule has 0 saturated carbocycles. The van der Waals surface area contributed by atoms with Crippen LogP contribution in [0.3, 0.4) is 0 Å². The van der Waals surface area contributed by atoms with E-state index in [1.165, 1.54) is 0 Å². The van der Waals surface area contributed by atoms with Crippen LogP contribution in [0.1, 0.15) is 32.3 Å². The third-order valence-electron chi connectivity index (χ3n) is 7.18. The largest absolute Gasteiger partial charge is 0.494 e. The van der Waals surface area contributed by atoms with Crippen LogP contribution in [0.5, 0.6) is 5.75 Å². The van der Waals surface area contributed by atoms with Gasteiger partial charge in [0.1, 0.15) is 11.6 Å². The minimum Gasteiger partial charge on any atom is -0.494 e. The van der Waals surface area contributed by atoms with Gasteiger partial charge in [-0.1, -0.05) is 18.5 Å². The number of fused-ring (bicyclic) bond motifs is 1. The molecule has 4 N–H and O–H groups in total. The van der Waals surface area contributed by atoms with Crippen LogP contribution in [-0.2, 0) is 5.41 Å². The van der Waals surface area contributed by atoms with Crippen molar-refractivity contribution < 1.29 is 14.9 Å². The Balaban J connectivity index is 1.40. The van der Waals surface area contributed by atoms with Gasteiger partial charge in [-0.25, -0.2) is 15.0 Å². The smallest absolute Gasteiger partial charge is 0.227 e. The highest BCUT2D eigenvalue weighted by Gasteiger charge is 2.35. The molecule has 10 heteroatoms. The van der Waals surface area contributed by atoms with E-state index in [2.05, 4.69) is 30.5 Å². The lowest BCUT2D eigenvalue weighted by molar-refractivity contribution is 0.0351. The van der Waals surface area contributed by atoms with Gasteiger partial charge in [-0.2, -0.15) is 0 Å². The summed E-state index contributed by atoms with van der Waals surface area (Å²) in [7, 11) is 1.61. The van der Waals surface area contributed by atoms with Gasteiger partial charge in [0.25, 0.3) is 0 Å². The molecule has 2 aliphatic heterocycles. The maximum absolute atomic E-state index is 10.3. The number of nitrogens with zero attached hydrogens (tertiary/aromatic N) is 4. The first-order chi connectivity index (χ1) is 17.2. The lowest BCUT2D eigenvalue weighted by Crippen LogP contribution is -2.42. The Morgan fingerprint density at radius 2 is 1.97 bits per heavy atom. The van der Waals surface area contributed by atoms with Crippen LogP contribution in [0.15, 0.2) is 36.7 Å². The van der Waals surface area contributed by atoms with Crippen molar-refractivity contribution in [3.8, 4) is 17.0 Å². The molecule has 5 rings (SSSR count). The van der Waals surface area contributed by atoms with Gasteiger partial charge in [0, 0.05) is 54.6 Å². The summed E-state index contributed by atoms with van der Waals surface area (Å²) in [6.07, 6.45) is 4.81. The Morgan fingerprint density at radius 1 is 1.19 bits per heavy atom. The lowest BCUT2D eigenvalue weighted by Gasteiger charge is -2.37. The van der Waals surface area contributed by atoms with Crippen LogP contribution >= 0.6 is 11.6 Å². The summed E-state index contributed by atoms with van der Waals surface area (Å²) in [6.45, 7) is 5.98. The van der Waals surface area contributed by atoms with Crippen molar-refractivity contribution in [2.24, 2.45) is 0 Å². The Bertz CT molecular complexity index is 1280. The molecule has 0 aliphatic carbocycles. The molecule has 190 valence electrons. The highest BCUT2D eigenvalue weighted by atomic mass is 35.5. The van der Waals surface area contributed by atoms with Gasteiger partial charge < -0.3 is 30.5 Å². The number of piperidine rings is 1. The molecule has 1 aromatic carbocycles. The summed E-state index contributed by atoms with van der Waals surface area (Å²) >= 11 is 6.68. The van der Waals surface area contributed by atoms with Gasteiger partial charge in [0.2, 0.25) is 5.95 Å². The third-order valence-corrected chi connectivity index (χ3v) is 7.48. The predicted molar refractivity (Wildman–Crippen MR) is 142 cm³/mol. The fourth-order valence-electron chi connectivity index (χ4n) is 4.70. The molecule has 9 nitrogen and oxygen atoms in total. The first-order valence-electron chi connectivity index (χ1n) is 12.0. The number of aliphatic hydroxyl groups is 2. The van der Waals surface area contributed by atoms with E-state index in [4.69, 9.17) is 16.3 Å². The number of ether oxygens (including phenoxy) is 1. The quantitative estimate of drug-likeness (QED) is 0.391. The van der Waals surface area contributed by atoms with E-state index in [9.17, 15) is 10.2 Å². The molecule has 0 spiro atoms. The van der Waals surface area contributed by atoms with Gasteiger partial charge in [-0.15, -0.1) is 0 Å². The second-order valence-corrected chi connectivity index (χ2v) is 10.5. The fourth-order valence-corrected chi connectivity index (χ4v) is 4.99. The topological polar surface area (TPSA) is 116 Å². The number of anilines is 4. The van der Waals surface area contributed by atoms with Crippen molar-refractivity contribution in [1.82, 2.24) is 15.0 Å². The summed E-state index contributed by atoms with van der Waals surface area (Å²) in [5.74, 6) is 1.80. The molecule has 0 bridgehead atoms. The summed E-state index contributed by atoms with van der Waals surface area (Å²) < 4.78 is 5.65. The number of rotatable bonds is 6. The zero-order valence-corrected chi connectivity index (χ0v) is 21.4. The molecule has 4 heterocycles. The average Bonchev–Trinajstić information content (AvgIpc) is 3.21. The van der Waals surface area contributed by atoms with E-state index in [0.29, 0.717) is 60.6 Å². The number of aliphatic hydroxyl groups excluding tert-OH is 1. The molecular formula is C26H31ClN6O3. The summed E-state index contributed by atoms with van der Waals surface area (Å²) in [5, 5.41) is 27.2. The van der Waals surface area contributed by atoms with Crippen molar-refractivity contribution in [1.29, 1.82) is 0 Å². The van der Waals surface area contributed by atoms with Gasteiger partial charge >= 0.3 is 0 Å². The van der Waals surface area contributed by atoms with E-state index in [1.807, 2.05) is 38.1 Å². The zero-order chi connectivity index (χ0) is 25.5. The summed E-state index contributed by atoms with van der Waals surface area (Å²) in [6, 6.07) is 7.56. The van der Waals surface area contributed by atoms with Crippen molar-refractivity contribution in [2.75, 3.05) is 48.9 Å². The number of hydrogen-bond acceptors (Lipinski definition) is 9. The second kappa shape index (κ2) is 9.38. The molecule has 3 aromatic rings. The molecule has 0 radical (unpaired) electrons. The SMILES string of the molecule is COc1cc(N2CCC(C)(O)CC2)c(Cl)cc1Nc1nccc(-c2cnc3c(c2)C(C)(CO)CN3)n1. The number of methoxy groups -OCH3 is 1. The third kappa shape index (κ3) is 4.66. The van der Waals surface area contributed by atoms with Crippen molar-refractivity contribution >= 4 is 34.7 Å². The Morgan fingerprint density at radius 3 is 2.69 bits per heavy atom. The number of nitrogens with one attached hydrogen (secondary N) is 2. The highest BCUT2D eigenvalue weighted by molar-refractivity contribution is 6.33. The maximum Gasteiger partial charge on any atom is 0.227 e. The van der Waals surface area contributed by atoms with Gasteiger partial charge in [0.05, 0.1) is 41.4 Å². The van der Waals surface area contributed by atoms with E-state index >= 15 is 0 Å². The highest BCUT2D eigenvalue weighted by Crippen LogP contribution is 2.40. The Hall–Kier alpha value is -3.14. The Labute approximate surface area is 215 Å². The minimum absolute atomic E-state index is 0.0298. The molecule has 1 atom stereocenters. The van der Waals surface area contributed by atoms with Gasteiger partial charge in [0.15, 0.2) is 0 Å². The first kappa shape index (κ1) is 24.5. The zero-order valence-electron chi connectivity index (χ0n) is 20.7. The van der Waals surface area contributed by atoms with Crippen LogP contribution in [0.25, 0.3) is 11.3 Å². The van der Waals surface area contributed by atoms with Gasteiger partial charge in [-0.3, -0.25) is 0 Å². The second-order valence-electron chi connectivity index (χ2n) is 10.1. The summed E-state index contributed by atoms with van der Waals surface area (Å²) in [5.41, 5.74) is 3.01. The van der Waals surface area contributed by atoms with Crippen molar-refractivity contribution in [3.63, 3.8) is 0 Å². The number of aromatic nitrogens is 3. The first-order valence-corrected chi connectivity index (χ1v) is 12.4. The van der Waals surface area contributed by atoms with Crippen LogP contribution in [0, 0.1) is 0 Å². The normalized spacial score (nSPS) is 20.6. The Kier molecular flexibility index (Phi) is 6.40. The van der Waals surface area contributed by atoms with E-state index in [0.717, 1.165) is 22.6 Å². The lowest BCUT2D eigenvalue weighted by atomic mass is 9.85.